The first-order valence-corrected chi connectivity index (χ1v) is 10.9. The van der Waals surface area contributed by atoms with Gasteiger partial charge < -0.3 is 24.1 Å². The Hall–Kier alpha value is -2.54. The minimum Gasteiger partial charge on any atom is -0.365 e. The number of aliphatic hydroxyl groups is 1. The number of benzene rings is 3. The third-order valence-corrected chi connectivity index (χ3v) is 6.29. The molecule has 0 bridgehead atoms. The van der Waals surface area contributed by atoms with Crippen molar-refractivity contribution in [2.45, 2.75) is 43.2 Å². The van der Waals surface area contributed by atoms with Gasteiger partial charge in [0.25, 0.3) is 0 Å². The molecule has 0 radical (unpaired) electrons. The predicted octanol–water partition coefficient (Wildman–Crippen LogP) is 4.23. The van der Waals surface area contributed by atoms with Crippen LogP contribution in [0.5, 0.6) is 0 Å². The Labute approximate surface area is 188 Å². The summed E-state index contributed by atoms with van der Waals surface area (Å²) in [5.41, 5.74) is 0.917. The molecular weight excluding hydrogens is 404 g/mol. The molecule has 1 N–H and O–H groups in total. The third kappa shape index (κ3) is 3.47. The third-order valence-electron chi connectivity index (χ3n) is 6.29. The van der Waals surface area contributed by atoms with Crippen LogP contribution >= 0.6 is 0 Å². The molecule has 0 amide bonds. The van der Waals surface area contributed by atoms with Crippen LogP contribution in [0.3, 0.4) is 0 Å². The molecule has 0 aromatic heterocycles. The number of ether oxygens (including phenoxy) is 4. The van der Waals surface area contributed by atoms with Crippen molar-refractivity contribution in [1.29, 1.82) is 0 Å². The van der Waals surface area contributed by atoms with Gasteiger partial charge in [-0.2, -0.15) is 0 Å². The summed E-state index contributed by atoms with van der Waals surface area (Å²) in [5.74, 6) is -0.840. The second-order valence-corrected chi connectivity index (χ2v) is 8.82. The van der Waals surface area contributed by atoms with E-state index in [2.05, 4.69) is 36.4 Å². The summed E-state index contributed by atoms with van der Waals surface area (Å²) in [5, 5.41) is 10.8. The minimum atomic E-state index is -1.14. The molecule has 0 aliphatic carbocycles. The highest BCUT2D eigenvalue weighted by Crippen LogP contribution is 2.47. The largest absolute Gasteiger partial charge is 0.365 e. The maximum atomic E-state index is 10.8. The molecule has 2 aliphatic rings. The van der Waals surface area contributed by atoms with Crippen LogP contribution in [0.2, 0.25) is 0 Å². The summed E-state index contributed by atoms with van der Waals surface area (Å²) >= 11 is 0. The quantitative estimate of drug-likeness (QED) is 0.591. The molecule has 2 fully saturated rings. The van der Waals surface area contributed by atoms with Crippen LogP contribution in [-0.2, 0) is 24.5 Å². The summed E-state index contributed by atoms with van der Waals surface area (Å²) < 4.78 is 24.7. The number of fused-ring (bicyclic) bond motifs is 1. The summed E-state index contributed by atoms with van der Waals surface area (Å²) in [4.78, 5) is 0. The molecule has 5 heteroatoms. The molecule has 2 saturated heterocycles. The number of rotatable bonds is 6. The Morgan fingerprint density at radius 3 is 1.78 bits per heavy atom. The minimum absolute atomic E-state index is 0.0843. The van der Waals surface area contributed by atoms with E-state index in [9.17, 15) is 5.11 Å². The van der Waals surface area contributed by atoms with Crippen molar-refractivity contribution in [3.05, 3.63) is 108 Å². The van der Waals surface area contributed by atoms with E-state index in [1.807, 2.05) is 68.4 Å². The predicted molar refractivity (Wildman–Crippen MR) is 120 cm³/mol. The average molecular weight is 433 g/mol. The summed E-state index contributed by atoms with van der Waals surface area (Å²) in [6.45, 7) is 4.03. The molecule has 3 atom stereocenters. The summed E-state index contributed by atoms with van der Waals surface area (Å²) in [6.07, 6.45) is -1.57. The number of aliphatic hydroxyl groups excluding tert-OH is 1. The summed E-state index contributed by atoms with van der Waals surface area (Å²) in [7, 11) is 0. The summed E-state index contributed by atoms with van der Waals surface area (Å²) in [6, 6.07) is 30.4. The normalized spacial score (nSPS) is 26.7. The Morgan fingerprint density at radius 2 is 1.31 bits per heavy atom. The highest BCUT2D eigenvalue weighted by molar-refractivity contribution is 5.47. The lowest BCUT2D eigenvalue weighted by Gasteiger charge is -2.39. The SMILES string of the molecule is CC1(C)O[C@H]2COC(O)[C@@]2(COC(c2ccccc2)(c2ccccc2)c2ccccc2)O1. The van der Waals surface area contributed by atoms with Crippen LogP contribution in [0.1, 0.15) is 30.5 Å². The van der Waals surface area contributed by atoms with Gasteiger partial charge in [0.05, 0.1) is 13.2 Å². The first-order chi connectivity index (χ1) is 15.5. The van der Waals surface area contributed by atoms with E-state index >= 15 is 0 Å². The van der Waals surface area contributed by atoms with E-state index in [-0.39, 0.29) is 13.2 Å². The molecule has 3 aromatic carbocycles. The average Bonchev–Trinajstić information content (AvgIpc) is 3.26. The molecule has 0 spiro atoms. The van der Waals surface area contributed by atoms with E-state index in [0.717, 1.165) is 16.7 Å². The second kappa shape index (κ2) is 8.10. The lowest BCUT2D eigenvalue weighted by atomic mass is 9.80. The molecule has 32 heavy (non-hydrogen) atoms. The first kappa shape index (κ1) is 21.3. The van der Waals surface area contributed by atoms with E-state index in [0.29, 0.717) is 0 Å². The monoisotopic (exact) mass is 432 g/mol. The Bertz CT molecular complexity index is 941. The van der Waals surface area contributed by atoms with E-state index in [1.54, 1.807) is 0 Å². The van der Waals surface area contributed by atoms with Crippen molar-refractivity contribution in [3.63, 3.8) is 0 Å². The van der Waals surface area contributed by atoms with Crippen LogP contribution in [0.15, 0.2) is 91.0 Å². The molecule has 3 aromatic rings. The maximum absolute atomic E-state index is 10.8. The van der Waals surface area contributed by atoms with E-state index in [4.69, 9.17) is 18.9 Å². The van der Waals surface area contributed by atoms with Gasteiger partial charge in [0.15, 0.2) is 17.7 Å². The van der Waals surface area contributed by atoms with Crippen LogP contribution < -0.4 is 0 Å². The van der Waals surface area contributed by atoms with Crippen molar-refractivity contribution < 1.29 is 24.1 Å². The van der Waals surface area contributed by atoms with Gasteiger partial charge in [0.1, 0.15) is 11.7 Å². The standard InChI is InChI=1S/C27H28O5/c1-25(2)31-23-18-29-24(28)26(23,32-25)19-30-27(20-12-6-3-7-13-20,21-14-8-4-9-15-21)22-16-10-5-11-17-22/h3-17,23-24,28H,18-19H2,1-2H3/t23-,24?,26-/m0/s1. The van der Waals surface area contributed by atoms with Crippen molar-refractivity contribution >= 4 is 0 Å². The fourth-order valence-corrected chi connectivity index (χ4v) is 4.88. The smallest absolute Gasteiger partial charge is 0.189 e. The van der Waals surface area contributed by atoms with Gasteiger partial charge in [-0.15, -0.1) is 0 Å². The zero-order chi connectivity index (χ0) is 22.2. The number of hydrogen-bond acceptors (Lipinski definition) is 5. The molecule has 2 aliphatic heterocycles. The van der Waals surface area contributed by atoms with Gasteiger partial charge in [-0.3, -0.25) is 0 Å². The maximum Gasteiger partial charge on any atom is 0.189 e. The van der Waals surface area contributed by atoms with E-state index in [1.165, 1.54) is 0 Å². The van der Waals surface area contributed by atoms with Gasteiger partial charge in [0, 0.05) is 0 Å². The Balaban J connectivity index is 1.64. The molecule has 0 saturated carbocycles. The number of hydrogen-bond donors (Lipinski definition) is 1. The van der Waals surface area contributed by atoms with Crippen LogP contribution in [-0.4, -0.2) is 42.1 Å². The van der Waals surface area contributed by atoms with Gasteiger partial charge >= 0.3 is 0 Å². The molecule has 2 heterocycles. The van der Waals surface area contributed by atoms with Crippen molar-refractivity contribution in [2.24, 2.45) is 0 Å². The molecule has 5 rings (SSSR count). The van der Waals surface area contributed by atoms with Crippen molar-refractivity contribution in [3.8, 4) is 0 Å². The molecule has 5 nitrogen and oxygen atoms in total. The van der Waals surface area contributed by atoms with Crippen LogP contribution in [0.25, 0.3) is 0 Å². The Kier molecular flexibility index (Phi) is 5.40. The lowest BCUT2D eigenvalue weighted by Crippen LogP contribution is -2.52. The van der Waals surface area contributed by atoms with Gasteiger partial charge in [0.2, 0.25) is 0 Å². The van der Waals surface area contributed by atoms with Gasteiger partial charge in [-0.05, 0) is 30.5 Å². The second-order valence-electron chi connectivity index (χ2n) is 8.82. The zero-order valence-corrected chi connectivity index (χ0v) is 18.3. The first-order valence-electron chi connectivity index (χ1n) is 10.9. The molecular formula is C27H28O5. The Morgan fingerprint density at radius 1 is 0.844 bits per heavy atom. The van der Waals surface area contributed by atoms with Crippen LogP contribution in [0.4, 0.5) is 0 Å². The topological polar surface area (TPSA) is 57.2 Å². The van der Waals surface area contributed by atoms with E-state index < -0.39 is 29.4 Å². The highest BCUT2D eigenvalue weighted by atomic mass is 16.8. The van der Waals surface area contributed by atoms with Crippen molar-refractivity contribution in [1.82, 2.24) is 0 Å². The van der Waals surface area contributed by atoms with Crippen molar-refractivity contribution in [2.75, 3.05) is 13.2 Å². The van der Waals surface area contributed by atoms with Gasteiger partial charge in [-0.25, -0.2) is 0 Å². The lowest BCUT2D eigenvalue weighted by molar-refractivity contribution is -0.252. The van der Waals surface area contributed by atoms with Gasteiger partial charge in [-0.1, -0.05) is 91.0 Å². The molecule has 166 valence electrons. The highest BCUT2D eigenvalue weighted by Gasteiger charge is 2.63. The zero-order valence-electron chi connectivity index (χ0n) is 18.3. The molecule has 1 unspecified atom stereocenters. The fourth-order valence-electron chi connectivity index (χ4n) is 4.88. The fraction of sp³-hybridized carbons (Fsp3) is 0.333. The van der Waals surface area contributed by atoms with Crippen LogP contribution in [0, 0.1) is 0 Å².